The molecule has 1 atom stereocenters. The molecule has 2 aromatic carbocycles. The lowest BCUT2D eigenvalue weighted by atomic mass is 10.1. The Labute approximate surface area is 163 Å². The van der Waals surface area contributed by atoms with Gasteiger partial charge in [0.15, 0.2) is 0 Å². The maximum Gasteiger partial charge on any atom is 0.218 e. The van der Waals surface area contributed by atoms with Crippen molar-refractivity contribution in [3.63, 3.8) is 0 Å². The normalized spacial score (nSPS) is 18.3. The third kappa shape index (κ3) is 4.98. The largest absolute Gasteiger partial charge is 0.297 e. The molecule has 1 heterocycles. The molecule has 0 aromatic heterocycles. The molecule has 0 amide bonds. The summed E-state index contributed by atoms with van der Waals surface area (Å²) in [5, 5.41) is 0. The highest BCUT2D eigenvalue weighted by Crippen LogP contribution is 2.23. The van der Waals surface area contributed by atoms with Crippen molar-refractivity contribution < 1.29 is 8.42 Å². The van der Waals surface area contributed by atoms with Crippen LogP contribution in [-0.4, -0.2) is 43.3 Å². The predicted molar refractivity (Wildman–Crippen MR) is 111 cm³/mol. The van der Waals surface area contributed by atoms with Gasteiger partial charge < -0.3 is 0 Å². The Bertz CT molecular complexity index is 865. The van der Waals surface area contributed by atoms with Crippen LogP contribution in [0.3, 0.4) is 0 Å². The molecule has 0 aliphatic carbocycles. The number of likely N-dealkylation sites (N-methyl/N-ethyl adjacent to an activating group) is 1. The smallest absolute Gasteiger partial charge is 0.218 e. The summed E-state index contributed by atoms with van der Waals surface area (Å²) in [6.07, 6.45) is 0.896. The molecule has 0 bridgehead atoms. The van der Waals surface area contributed by atoms with Gasteiger partial charge in [0.1, 0.15) is 0 Å². The van der Waals surface area contributed by atoms with E-state index in [2.05, 4.69) is 29.2 Å². The minimum Gasteiger partial charge on any atom is -0.297 e. The number of likely N-dealkylation sites (tertiary alicyclic amines) is 1. The van der Waals surface area contributed by atoms with E-state index < -0.39 is 10.0 Å². The average Bonchev–Trinajstić information content (AvgIpc) is 3.07. The molecule has 1 saturated heterocycles. The molecular formula is C22H30N2O2S. The number of hydrogen-bond acceptors (Lipinski definition) is 3. The maximum atomic E-state index is 13.1. The third-order valence-electron chi connectivity index (χ3n) is 5.49. The fourth-order valence-electron chi connectivity index (χ4n) is 3.90. The van der Waals surface area contributed by atoms with Crippen LogP contribution in [0.4, 0.5) is 0 Å². The van der Waals surface area contributed by atoms with E-state index in [1.165, 1.54) is 11.1 Å². The van der Waals surface area contributed by atoms with Crippen LogP contribution in [0.2, 0.25) is 0 Å². The molecule has 0 spiro atoms. The standard InChI is InChI=1S/C22H30N2O2S/c1-4-24(27(25,26)17-21-11-10-18(2)19(3)14-21)22-12-13-23(16-22)15-20-8-6-5-7-9-20/h5-11,14,22H,4,12-13,15-17H2,1-3H3. The first-order chi connectivity index (χ1) is 12.9. The summed E-state index contributed by atoms with van der Waals surface area (Å²) < 4.78 is 27.9. The summed E-state index contributed by atoms with van der Waals surface area (Å²) in [5.41, 5.74) is 4.48. The number of nitrogens with zero attached hydrogens (tertiary/aromatic N) is 2. The molecular weight excluding hydrogens is 356 g/mol. The SMILES string of the molecule is CCN(C1CCN(Cc2ccccc2)C1)S(=O)(=O)Cc1ccc(C)c(C)c1. The number of rotatable bonds is 7. The Morgan fingerprint density at radius 1 is 1.04 bits per heavy atom. The summed E-state index contributed by atoms with van der Waals surface area (Å²) in [6.45, 7) is 9.16. The summed E-state index contributed by atoms with van der Waals surface area (Å²) in [5.74, 6) is 0.0805. The maximum absolute atomic E-state index is 13.1. The predicted octanol–water partition coefficient (Wildman–Crippen LogP) is 3.73. The van der Waals surface area contributed by atoms with Crippen LogP contribution < -0.4 is 0 Å². The van der Waals surface area contributed by atoms with Gasteiger partial charge in [-0.2, -0.15) is 4.31 Å². The minimum atomic E-state index is -3.33. The molecule has 2 aromatic rings. The van der Waals surface area contributed by atoms with Gasteiger partial charge in [0.05, 0.1) is 5.75 Å². The van der Waals surface area contributed by atoms with Gasteiger partial charge in [-0.3, -0.25) is 4.90 Å². The Morgan fingerprint density at radius 2 is 1.78 bits per heavy atom. The fourth-order valence-corrected chi connectivity index (χ4v) is 5.69. The van der Waals surface area contributed by atoms with Crippen molar-refractivity contribution in [3.05, 3.63) is 70.8 Å². The topological polar surface area (TPSA) is 40.6 Å². The average molecular weight is 387 g/mol. The van der Waals surface area contributed by atoms with Gasteiger partial charge >= 0.3 is 0 Å². The summed E-state index contributed by atoms with van der Waals surface area (Å²) in [4.78, 5) is 2.36. The quantitative estimate of drug-likeness (QED) is 0.728. The van der Waals surface area contributed by atoms with E-state index in [-0.39, 0.29) is 11.8 Å². The molecule has 1 aliphatic rings. The molecule has 27 heavy (non-hydrogen) atoms. The lowest BCUT2D eigenvalue weighted by Gasteiger charge is -2.27. The van der Waals surface area contributed by atoms with Crippen LogP contribution >= 0.6 is 0 Å². The van der Waals surface area contributed by atoms with Crippen molar-refractivity contribution in [1.82, 2.24) is 9.21 Å². The number of benzene rings is 2. The van der Waals surface area contributed by atoms with Crippen molar-refractivity contribution >= 4 is 10.0 Å². The van der Waals surface area contributed by atoms with Crippen LogP contribution in [0.25, 0.3) is 0 Å². The van der Waals surface area contributed by atoms with Gasteiger partial charge in [-0.05, 0) is 42.5 Å². The van der Waals surface area contributed by atoms with E-state index in [4.69, 9.17) is 0 Å². The lowest BCUT2D eigenvalue weighted by Crippen LogP contribution is -2.42. The lowest BCUT2D eigenvalue weighted by molar-refractivity contribution is 0.285. The molecule has 0 saturated carbocycles. The van der Waals surface area contributed by atoms with E-state index in [0.29, 0.717) is 6.54 Å². The molecule has 1 aliphatic heterocycles. The zero-order valence-corrected chi connectivity index (χ0v) is 17.4. The van der Waals surface area contributed by atoms with Crippen LogP contribution in [0, 0.1) is 13.8 Å². The number of aryl methyl sites for hydroxylation is 2. The Morgan fingerprint density at radius 3 is 2.44 bits per heavy atom. The molecule has 0 N–H and O–H groups in total. The highest BCUT2D eigenvalue weighted by atomic mass is 32.2. The third-order valence-corrected chi connectivity index (χ3v) is 7.46. The second kappa shape index (κ2) is 8.55. The molecule has 1 fully saturated rings. The van der Waals surface area contributed by atoms with Crippen molar-refractivity contribution in [3.8, 4) is 0 Å². The van der Waals surface area contributed by atoms with E-state index in [1.807, 2.05) is 45.0 Å². The Hall–Kier alpha value is -1.69. The van der Waals surface area contributed by atoms with Crippen molar-refractivity contribution in [2.45, 2.75) is 45.5 Å². The van der Waals surface area contributed by atoms with Crippen molar-refractivity contribution in [1.29, 1.82) is 0 Å². The van der Waals surface area contributed by atoms with Crippen LogP contribution in [0.15, 0.2) is 48.5 Å². The number of hydrogen-bond donors (Lipinski definition) is 0. The second-order valence-electron chi connectivity index (χ2n) is 7.54. The van der Waals surface area contributed by atoms with Gasteiger partial charge in [-0.25, -0.2) is 8.42 Å². The highest BCUT2D eigenvalue weighted by molar-refractivity contribution is 7.88. The van der Waals surface area contributed by atoms with Gasteiger partial charge in [0.2, 0.25) is 10.0 Å². The molecule has 146 valence electrons. The minimum absolute atomic E-state index is 0.0651. The zero-order chi connectivity index (χ0) is 19.4. The molecule has 4 nitrogen and oxygen atoms in total. The number of sulfonamides is 1. The van der Waals surface area contributed by atoms with Gasteiger partial charge in [0.25, 0.3) is 0 Å². The summed E-state index contributed by atoms with van der Waals surface area (Å²) in [7, 11) is -3.33. The van der Waals surface area contributed by atoms with E-state index in [9.17, 15) is 8.42 Å². The van der Waals surface area contributed by atoms with Crippen LogP contribution in [-0.2, 0) is 22.3 Å². The molecule has 1 unspecified atom stereocenters. The van der Waals surface area contributed by atoms with Crippen LogP contribution in [0.1, 0.15) is 35.6 Å². The second-order valence-corrected chi connectivity index (χ2v) is 9.46. The van der Waals surface area contributed by atoms with E-state index in [1.54, 1.807) is 4.31 Å². The molecule has 0 radical (unpaired) electrons. The van der Waals surface area contributed by atoms with Gasteiger partial charge in [0, 0.05) is 32.2 Å². The van der Waals surface area contributed by atoms with E-state index >= 15 is 0 Å². The Kier molecular flexibility index (Phi) is 6.35. The first-order valence-corrected chi connectivity index (χ1v) is 11.3. The summed E-state index contributed by atoms with van der Waals surface area (Å²) >= 11 is 0. The van der Waals surface area contributed by atoms with Crippen molar-refractivity contribution in [2.24, 2.45) is 0 Å². The molecule has 5 heteroatoms. The van der Waals surface area contributed by atoms with Crippen LogP contribution in [0.5, 0.6) is 0 Å². The van der Waals surface area contributed by atoms with Gasteiger partial charge in [-0.15, -0.1) is 0 Å². The highest BCUT2D eigenvalue weighted by Gasteiger charge is 2.33. The van der Waals surface area contributed by atoms with E-state index in [0.717, 1.165) is 37.2 Å². The van der Waals surface area contributed by atoms with Gasteiger partial charge in [-0.1, -0.05) is 55.5 Å². The zero-order valence-electron chi connectivity index (χ0n) is 16.6. The molecule has 3 rings (SSSR count). The Balaban J connectivity index is 1.67. The first-order valence-electron chi connectivity index (χ1n) is 9.71. The first kappa shape index (κ1) is 20.1. The fraction of sp³-hybridized carbons (Fsp3) is 0.455. The van der Waals surface area contributed by atoms with Crippen molar-refractivity contribution in [2.75, 3.05) is 19.6 Å². The monoisotopic (exact) mass is 386 g/mol. The summed E-state index contributed by atoms with van der Waals surface area (Å²) in [6, 6.07) is 16.4.